The third-order valence-electron chi connectivity index (χ3n) is 0.434. The number of hydrogen-bond acceptors (Lipinski definition) is 2. The van der Waals surface area contributed by atoms with Crippen molar-refractivity contribution in [1.29, 1.82) is 0 Å². The fourth-order valence-electron chi connectivity index (χ4n) is 0.124. The Labute approximate surface area is 30.2 Å². The van der Waals surface area contributed by atoms with Gasteiger partial charge in [-0.2, -0.15) is 5.10 Å². The molecule has 0 saturated heterocycles. The lowest BCUT2D eigenvalue weighted by Gasteiger charge is -1.52. The molecule has 0 aromatic rings. The standard InChI is InChI=1S/C3H4N2/c1-2-3-4-5-3/h2H,1H2,(H,4,5). The van der Waals surface area contributed by atoms with Crippen molar-refractivity contribution >= 4 is 5.84 Å². The van der Waals surface area contributed by atoms with Crippen molar-refractivity contribution in [1.82, 2.24) is 5.43 Å². The molecule has 0 aromatic carbocycles. The van der Waals surface area contributed by atoms with Crippen molar-refractivity contribution in [2.75, 3.05) is 0 Å². The summed E-state index contributed by atoms with van der Waals surface area (Å²) in [6.07, 6.45) is 1.67. The summed E-state index contributed by atoms with van der Waals surface area (Å²) in [5.41, 5.74) is 2.61. The topological polar surface area (TPSA) is 34.3 Å². The first-order valence-electron chi connectivity index (χ1n) is 1.39. The number of rotatable bonds is 1. The fourth-order valence-corrected chi connectivity index (χ4v) is 0.124. The van der Waals surface area contributed by atoms with E-state index >= 15 is 0 Å². The monoisotopic (exact) mass is 68.0 g/mol. The molecule has 0 bridgehead atoms. The zero-order chi connectivity index (χ0) is 3.70. The SMILES string of the molecule is C=CC1=NN1. The lowest BCUT2D eigenvalue weighted by atomic mass is 10.7. The molecular formula is C3H4N2. The number of hydrogen-bond donors (Lipinski definition) is 1. The molecule has 1 aliphatic rings. The van der Waals surface area contributed by atoms with Gasteiger partial charge < -0.3 is 0 Å². The molecule has 26 valence electrons. The molecule has 0 atom stereocenters. The molecule has 0 aliphatic carbocycles. The first-order valence-corrected chi connectivity index (χ1v) is 1.39. The van der Waals surface area contributed by atoms with Crippen LogP contribution in [0.2, 0.25) is 0 Å². The number of amidine groups is 1. The van der Waals surface area contributed by atoms with Crippen LogP contribution in [0.1, 0.15) is 0 Å². The maximum atomic E-state index is 3.57. The van der Waals surface area contributed by atoms with Crippen LogP contribution in [0.5, 0.6) is 0 Å². The Morgan fingerprint density at radius 3 is 2.60 bits per heavy atom. The Morgan fingerprint density at radius 1 is 2.00 bits per heavy atom. The Hall–Kier alpha value is -0.790. The van der Waals surface area contributed by atoms with Gasteiger partial charge in [0.05, 0.1) is 0 Å². The first-order chi connectivity index (χ1) is 2.43. The second kappa shape index (κ2) is 0.578. The summed E-state index contributed by atoms with van der Waals surface area (Å²) in [7, 11) is 0. The highest BCUT2D eigenvalue weighted by Crippen LogP contribution is 1.82. The molecule has 0 amide bonds. The van der Waals surface area contributed by atoms with E-state index in [2.05, 4.69) is 17.1 Å². The van der Waals surface area contributed by atoms with E-state index in [9.17, 15) is 0 Å². The Bertz CT molecular complexity index is 80.1. The average molecular weight is 68.1 g/mol. The van der Waals surface area contributed by atoms with Gasteiger partial charge in [0.15, 0.2) is 5.84 Å². The van der Waals surface area contributed by atoms with E-state index in [-0.39, 0.29) is 0 Å². The highest BCUT2D eigenvalue weighted by atomic mass is 15.5. The lowest BCUT2D eigenvalue weighted by Crippen LogP contribution is -1.81. The predicted molar refractivity (Wildman–Crippen MR) is 20.8 cm³/mol. The molecule has 0 unspecified atom stereocenters. The first kappa shape index (κ1) is 2.45. The predicted octanol–water partition coefficient (Wildman–Crippen LogP) is 0.0891. The molecule has 2 heteroatoms. The van der Waals surface area contributed by atoms with Crippen LogP contribution >= 0.6 is 0 Å². The summed E-state index contributed by atoms with van der Waals surface area (Å²) in [6, 6.07) is 0. The second-order valence-electron chi connectivity index (χ2n) is 0.813. The van der Waals surface area contributed by atoms with Crippen LogP contribution in [-0.2, 0) is 0 Å². The highest BCUT2D eigenvalue weighted by molar-refractivity contribution is 5.99. The molecule has 0 radical (unpaired) electrons. The number of nitrogens with one attached hydrogen (secondary N) is 1. The summed E-state index contributed by atoms with van der Waals surface area (Å²) in [5.74, 6) is 0.894. The minimum absolute atomic E-state index is 0.894. The third kappa shape index (κ3) is 0.265. The van der Waals surface area contributed by atoms with E-state index in [1.54, 1.807) is 6.08 Å². The van der Waals surface area contributed by atoms with Crippen molar-refractivity contribution in [3.8, 4) is 0 Å². The molecule has 0 spiro atoms. The summed E-state index contributed by atoms with van der Waals surface area (Å²) >= 11 is 0. The molecular weight excluding hydrogens is 64.0 g/mol. The largest absolute Gasteiger partial charge is 0.258 e. The molecule has 5 heavy (non-hydrogen) atoms. The van der Waals surface area contributed by atoms with Gasteiger partial charge in [-0.15, -0.1) is 0 Å². The van der Waals surface area contributed by atoms with Crippen LogP contribution in [0.15, 0.2) is 17.8 Å². The van der Waals surface area contributed by atoms with E-state index < -0.39 is 0 Å². The van der Waals surface area contributed by atoms with Crippen LogP contribution in [0.3, 0.4) is 0 Å². The molecule has 0 aromatic heterocycles. The van der Waals surface area contributed by atoms with Gasteiger partial charge in [0.25, 0.3) is 0 Å². The van der Waals surface area contributed by atoms with Crippen molar-refractivity contribution in [2.45, 2.75) is 0 Å². The van der Waals surface area contributed by atoms with Gasteiger partial charge in [-0.05, 0) is 6.08 Å². The molecule has 1 heterocycles. The molecule has 1 aliphatic heterocycles. The summed E-state index contributed by atoms with van der Waals surface area (Å²) in [6.45, 7) is 3.43. The van der Waals surface area contributed by atoms with Crippen molar-refractivity contribution in [3.63, 3.8) is 0 Å². The zero-order valence-electron chi connectivity index (χ0n) is 2.73. The Balaban J connectivity index is 2.49. The van der Waals surface area contributed by atoms with Gasteiger partial charge in [-0.25, -0.2) is 0 Å². The van der Waals surface area contributed by atoms with Gasteiger partial charge in [-0.3, -0.25) is 5.43 Å². The van der Waals surface area contributed by atoms with Crippen LogP contribution in [0.25, 0.3) is 0 Å². The van der Waals surface area contributed by atoms with Crippen LogP contribution in [-0.4, -0.2) is 5.84 Å². The lowest BCUT2D eigenvalue weighted by molar-refractivity contribution is 1.26. The minimum Gasteiger partial charge on any atom is -0.258 e. The maximum absolute atomic E-state index is 3.57. The fraction of sp³-hybridized carbons (Fsp3) is 0. The zero-order valence-corrected chi connectivity index (χ0v) is 2.73. The minimum atomic E-state index is 0.894. The Kier molecular flexibility index (Phi) is 0.283. The number of hydrazone groups is 1. The molecule has 0 saturated carbocycles. The highest BCUT2D eigenvalue weighted by Gasteiger charge is 1.98. The van der Waals surface area contributed by atoms with Gasteiger partial charge in [0.1, 0.15) is 0 Å². The molecule has 1 rings (SSSR count). The van der Waals surface area contributed by atoms with E-state index in [1.165, 1.54) is 0 Å². The van der Waals surface area contributed by atoms with Gasteiger partial charge in [0.2, 0.25) is 0 Å². The third-order valence-corrected chi connectivity index (χ3v) is 0.434. The normalized spacial score (nSPS) is 15.6. The molecule has 0 fully saturated rings. The molecule has 1 N–H and O–H groups in total. The van der Waals surface area contributed by atoms with Crippen LogP contribution < -0.4 is 5.43 Å². The van der Waals surface area contributed by atoms with Crippen LogP contribution in [0, 0.1) is 0 Å². The van der Waals surface area contributed by atoms with Gasteiger partial charge in [-0.1, -0.05) is 6.58 Å². The summed E-state index contributed by atoms with van der Waals surface area (Å²) in [4.78, 5) is 0. The maximum Gasteiger partial charge on any atom is 0.165 e. The quantitative estimate of drug-likeness (QED) is 0.464. The van der Waals surface area contributed by atoms with E-state index in [0.717, 1.165) is 5.84 Å². The smallest absolute Gasteiger partial charge is 0.165 e. The van der Waals surface area contributed by atoms with E-state index in [0.29, 0.717) is 0 Å². The second-order valence-corrected chi connectivity index (χ2v) is 0.813. The Morgan fingerprint density at radius 2 is 2.60 bits per heavy atom. The summed E-state index contributed by atoms with van der Waals surface area (Å²) < 4.78 is 0. The van der Waals surface area contributed by atoms with Crippen molar-refractivity contribution < 1.29 is 0 Å². The average Bonchev–Trinajstić information content (AvgIpc) is 2.12. The summed E-state index contributed by atoms with van der Waals surface area (Å²) in [5, 5.41) is 3.57. The van der Waals surface area contributed by atoms with E-state index in [1.807, 2.05) is 0 Å². The van der Waals surface area contributed by atoms with E-state index in [4.69, 9.17) is 0 Å². The van der Waals surface area contributed by atoms with Crippen molar-refractivity contribution in [2.24, 2.45) is 5.10 Å². The van der Waals surface area contributed by atoms with Crippen molar-refractivity contribution in [3.05, 3.63) is 12.7 Å². The van der Waals surface area contributed by atoms with Crippen LogP contribution in [0.4, 0.5) is 0 Å². The number of nitrogens with zero attached hydrogens (tertiary/aromatic N) is 1. The van der Waals surface area contributed by atoms with Gasteiger partial charge in [0, 0.05) is 0 Å². The van der Waals surface area contributed by atoms with Gasteiger partial charge >= 0.3 is 0 Å². The molecule has 2 nitrogen and oxygen atoms in total.